The Kier molecular flexibility index (Phi) is 8.56. The van der Waals surface area contributed by atoms with Gasteiger partial charge in [-0.3, -0.25) is 0 Å². The van der Waals surface area contributed by atoms with Crippen molar-refractivity contribution >= 4 is 55.4 Å². The molecule has 0 amide bonds. The molecule has 0 nitrogen and oxygen atoms in total. The molecule has 146 valence electrons. The summed E-state index contributed by atoms with van der Waals surface area (Å²) in [6, 6.07) is 8.57. The van der Waals surface area contributed by atoms with Crippen molar-refractivity contribution in [1.29, 1.82) is 0 Å². The smallest absolute Gasteiger partial charge is 0.0410 e. The van der Waals surface area contributed by atoms with E-state index in [0.29, 0.717) is 0 Å². The molecule has 0 aliphatic rings. The zero-order valence-electron chi connectivity index (χ0n) is 17.2. The quantitative estimate of drug-likeness (QED) is 0.361. The van der Waals surface area contributed by atoms with Crippen LogP contribution < -0.4 is 0 Å². The second-order valence-electron chi connectivity index (χ2n) is 6.71. The third-order valence-corrected chi connectivity index (χ3v) is 7.63. The molecule has 0 bridgehead atoms. The number of allylic oxidation sites excluding steroid dienone is 7. The minimum atomic E-state index is 1.02. The Labute approximate surface area is 182 Å². The van der Waals surface area contributed by atoms with Gasteiger partial charge in [0.1, 0.15) is 0 Å². The minimum Gasteiger partial charge on any atom is -0.135 e. The minimum absolute atomic E-state index is 1.02. The van der Waals surface area contributed by atoms with E-state index in [1.54, 1.807) is 34.4 Å². The van der Waals surface area contributed by atoms with Crippen LogP contribution in [0.25, 0.3) is 21.0 Å². The van der Waals surface area contributed by atoms with Crippen LogP contribution >= 0.6 is 34.4 Å². The van der Waals surface area contributed by atoms with Crippen molar-refractivity contribution in [2.45, 2.75) is 34.1 Å². The van der Waals surface area contributed by atoms with Gasteiger partial charge in [-0.05, 0) is 62.6 Å². The molecule has 0 radical (unpaired) electrons. The lowest BCUT2D eigenvalue weighted by atomic mass is 10.2. The monoisotopic (exact) mass is 424 g/mol. The predicted octanol–water partition coefficient (Wildman–Crippen LogP) is 9.53. The largest absolute Gasteiger partial charge is 0.135 e. The first kappa shape index (κ1) is 22.5. The zero-order chi connectivity index (χ0) is 20.7. The molecular formula is C25H28S3. The van der Waals surface area contributed by atoms with E-state index in [4.69, 9.17) is 0 Å². The van der Waals surface area contributed by atoms with Crippen LogP contribution in [0.5, 0.6) is 0 Å². The Morgan fingerprint density at radius 3 is 1.96 bits per heavy atom. The highest BCUT2D eigenvalue weighted by Crippen LogP contribution is 2.42. The first-order chi connectivity index (χ1) is 13.3. The topological polar surface area (TPSA) is 0 Å². The van der Waals surface area contributed by atoms with Gasteiger partial charge >= 0.3 is 0 Å². The molecule has 0 saturated heterocycles. The lowest BCUT2D eigenvalue weighted by Gasteiger charge is -2.04. The molecule has 0 atom stereocenters. The molecule has 0 fully saturated rings. The van der Waals surface area contributed by atoms with Crippen LogP contribution in [0.15, 0.2) is 73.9 Å². The van der Waals surface area contributed by atoms with Gasteiger partial charge < -0.3 is 0 Å². The van der Waals surface area contributed by atoms with Gasteiger partial charge in [0, 0.05) is 29.3 Å². The maximum Gasteiger partial charge on any atom is 0.0410 e. The molecule has 0 saturated carbocycles. The molecular weight excluding hydrogens is 396 g/mol. The van der Waals surface area contributed by atoms with Gasteiger partial charge in [0.05, 0.1) is 0 Å². The first-order valence-corrected chi connectivity index (χ1v) is 11.7. The summed E-state index contributed by atoms with van der Waals surface area (Å²) in [6.07, 6.45) is 9.56. The lowest BCUT2D eigenvalue weighted by molar-refractivity contribution is 1.23. The van der Waals surface area contributed by atoms with Crippen molar-refractivity contribution in [2.24, 2.45) is 0 Å². The standard InChI is InChI=1S/C25H28S3/c1-8-9-10-18(4)22-13-15-24(27-22)20(6)26-21(7)25-16-14-23(28-25)19(5)12-11-17(2)3/h9-16H,4,6-8H2,1-3,5H3/b10-9-,19-12+. The van der Waals surface area contributed by atoms with Gasteiger partial charge in [-0.25, -0.2) is 0 Å². The summed E-state index contributed by atoms with van der Waals surface area (Å²) in [5.74, 6) is 0. The second-order valence-corrected chi connectivity index (χ2v) is 10.1. The van der Waals surface area contributed by atoms with Gasteiger partial charge in [-0.1, -0.05) is 68.3 Å². The molecule has 28 heavy (non-hydrogen) atoms. The highest BCUT2D eigenvalue weighted by molar-refractivity contribution is 8.16. The Morgan fingerprint density at radius 2 is 1.39 bits per heavy atom. The molecule has 2 heterocycles. The number of rotatable bonds is 9. The molecule has 2 aromatic rings. The van der Waals surface area contributed by atoms with Crippen LogP contribution in [0, 0.1) is 0 Å². The first-order valence-electron chi connectivity index (χ1n) is 9.25. The van der Waals surface area contributed by atoms with E-state index in [1.165, 1.54) is 30.7 Å². The van der Waals surface area contributed by atoms with Gasteiger partial charge in [0.15, 0.2) is 0 Å². The summed E-state index contributed by atoms with van der Waals surface area (Å²) in [5, 5.41) is 0. The fraction of sp³-hybridized carbons (Fsp3) is 0.200. The average molecular weight is 425 g/mol. The van der Waals surface area contributed by atoms with Crippen LogP contribution in [-0.4, -0.2) is 0 Å². The van der Waals surface area contributed by atoms with Crippen molar-refractivity contribution in [2.75, 3.05) is 0 Å². The molecule has 0 aromatic carbocycles. The molecule has 0 aliphatic heterocycles. The van der Waals surface area contributed by atoms with Gasteiger partial charge in [-0.2, -0.15) is 0 Å². The van der Waals surface area contributed by atoms with Crippen molar-refractivity contribution in [3.8, 4) is 0 Å². The molecule has 0 unspecified atom stereocenters. The van der Waals surface area contributed by atoms with Crippen molar-refractivity contribution in [3.05, 3.63) is 93.4 Å². The van der Waals surface area contributed by atoms with Crippen LogP contribution in [-0.2, 0) is 0 Å². The maximum absolute atomic E-state index is 4.28. The van der Waals surface area contributed by atoms with Crippen molar-refractivity contribution < 1.29 is 0 Å². The summed E-state index contributed by atoms with van der Waals surface area (Å²) in [6.45, 7) is 21.2. The van der Waals surface area contributed by atoms with Gasteiger partial charge in [0.25, 0.3) is 0 Å². The number of hydrogen-bond acceptors (Lipinski definition) is 3. The van der Waals surface area contributed by atoms with Crippen LogP contribution in [0.3, 0.4) is 0 Å². The molecule has 0 N–H and O–H groups in total. The van der Waals surface area contributed by atoms with E-state index in [-0.39, 0.29) is 0 Å². The van der Waals surface area contributed by atoms with E-state index in [2.05, 4.69) is 96.0 Å². The summed E-state index contributed by atoms with van der Waals surface area (Å²) in [4.78, 5) is 6.89. The summed E-state index contributed by atoms with van der Waals surface area (Å²) in [7, 11) is 0. The maximum atomic E-state index is 4.28. The van der Waals surface area contributed by atoms with E-state index in [0.717, 1.165) is 21.8 Å². The molecule has 0 spiro atoms. The SMILES string of the molecule is C=C(/C=C\CC)c1ccc(C(=C)SC(=C)c2ccc(/C(C)=C/C=C(C)C)s2)s1. The highest BCUT2D eigenvalue weighted by atomic mass is 32.2. The van der Waals surface area contributed by atoms with E-state index < -0.39 is 0 Å². The highest BCUT2D eigenvalue weighted by Gasteiger charge is 2.11. The predicted molar refractivity (Wildman–Crippen MR) is 136 cm³/mol. The lowest BCUT2D eigenvalue weighted by Crippen LogP contribution is -1.74. The number of thioether (sulfide) groups is 1. The van der Waals surface area contributed by atoms with E-state index >= 15 is 0 Å². The van der Waals surface area contributed by atoms with Crippen molar-refractivity contribution in [3.63, 3.8) is 0 Å². The second kappa shape index (κ2) is 10.7. The van der Waals surface area contributed by atoms with Crippen LogP contribution in [0.2, 0.25) is 0 Å². The number of thiophene rings is 2. The van der Waals surface area contributed by atoms with E-state index in [9.17, 15) is 0 Å². The summed E-state index contributed by atoms with van der Waals surface area (Å²) >= 11 is 5.15. The Bertz CT molecular complexity index is 954. The molecule has 2 rings (SSSR count). The summed E-state index contributed by atoms with van der Waals surface area (Å²) < 4.78 is 0. The van der Waals surface area contributed by atoms with Crippen LogP contribution in [0.4, 0.5) is 0 Å². The third kappa shape index (κ3) is 6.37. The van der Waals surface area contributed by atoms with Gasteiger partial charge in [-0.15, -0.1) is 22.7 Å². The van der Waals surface area contributed by atoms with Gasteiger partial charge in [0.2, 0.25) is 0 Å². The third-order valence-electron chi connectivity index (χ3n) is 3.93. The zero-order valence-corrected chi connectivity index (χ0v) is 19.6. The Hall–Kier alpha value is -1.81. The molecule has 2 aromatic heterocycles. The molecule has 3 heteroatoms. The fourth-order valence-corrected chi connectivity index (χ4v) is 5.13. The normalized spacial score (nSPS) is 11.6. The van der Waals surface area contributed by atoms with Crippen LogP contribution in [0.1, 0.15) is 53.6 Å². The summed E-state index contributed by atoms with van der Waals surface area (Å²) in [5.41, 5.74) is 3.63. The Balaban J connectivity index is 2.05. The molecule has 0 aliphatic carbocycles. The average Bonchev–Trinajstić information content (AvgIpc) is 3.33. The van der Waals surface area contributed by atoms with E-state index in [1.807, 2.05) is 0 Å². The number of hydrogen-bond donors (Lipinski definition) is 0. The van der Waals surface area contributed by atoms with Crippen molar-refractivity contribution in [1.82, 2.24) is 0 Å². The fourth-order valence-electron chi connectivity index (χ4n) is 2.33. The Morgan fingerprint density at radius 1 is 0.857 bits per heavy atom.